The number of aryl methyl sites for hydroxylation is 4. The molecule has 23 heavy (non-hydrogen) atoms. The van der Waals surface area contributed by atoms with E-state index in [1.807, 2.05) is 13.8 Å². The summed E-state index contributed by atoms with van der Waals surface area (Å²) >= 11 is 0. The van der Waals surface area contributed by atoms with Crippen molar-refractivity contribution >= 4 is 16.9 Å². The normalized spacial score (nSPS) is 11.3. The number of fused-ring (bicyclic) bond motifs is 1. The zero-order valence-corrected chi connectivity index (χ0v) is 14.3. The van der Waals surface area contributed by atoms with Gasteiger partial charge in [0.15, 0.2) is 5.65 Å². The van der Waals surface area contributed by atoms with E-state index in [9.17, 15) is 0 Å². The van der Waals surface area contributed by atoms with Crippen molar-refractivity contribution in [2.24, 2.45) is 0 Å². The molecule has 2 heterocycles. The SMILES string of the molecule is COCc1cc(C)c(-n2cc(C)c3c(N)nc(C)nc32)c(C)c1. The van der Waals surface area contributed by atoms with Gasteiger partial charge in [-0.05, 0) is 49.9 Å². The van der Waals surface area contributed by atoms with Crippen molar-refractivity contribution in [1.82, 2.24) is 14.5 Å². The van der Waals surface area contributed by atoms with E-state index in [-0.39, 0.29) is 0 Å². The quantitative estimate of drug-likeness (QED) is 0.805. The molecular weight excluding hydrogens is 288 g/mol. The van der Waals surface area contributed by atoms with E-state index < -0.39 is 0 Å². The van der Waals surface area contributed by atoms with Crippen molar-refractivity contribution in [1.29, 1.82) is 0 Å². The molecule has 1 aromatic carbocycles. The minimum atomic E-state index is 0.537. The molecule has 0 unspecified atom stereocenters. The number of ether oxygens (including phenoxy) is 1. The Labute approximate surface area is 136 Å². The first-order valence-corrected chi connectivity index (χ1v) is 7.63. The van der Waals surface area contributed by atoms with E-state index in [0.29, 0.717) is 18.2 Å². The zero-order valence-electron chi connectivity index (χ0n) is 14.3. The van der Waals surface area contributed by atoms with Gasteiger partial charge < -0.3 is 15.0 Å². The van der Waals surface area contributed by atoms with Crippen LogP contribution in [0.4, 0.5) is 5.82 Å². The third-order valence-corrected chi connectivity index (χ3v) is 4.08. The Morgan fingerprint density at radius 1 is 1.04 bits per heavy atom. The standard InChI is InChI=1S/C18H22N4O/c1-10-6-14(9-23-5)7-11(2)16(10)22-8-12(3)15-17(19)20-13(4)21-18(15)22/h6-8H,9H2,1-5H3,(H2,19,20,21). The fourth-order valence-electron chi connectivity index (χ4n) is 3.30. The number of anilines is 1. The largest absolute Gasteiger partial charge is 0.383 e. The monoisotopic (exact) mass is 310 g/mol. The fourth-order valence-corrected chi connectivity index (χ4v) is 3.30. The smallest absolute Gasteiger partial charge is 0.150 e. The topological polar surface area (TPSA) is 66.0 Å². The van der Waals surface area contributed by atoms with Crippen LogP contribution in [0.1, 0.15) is 28.1 Å². The van der Waals surface area contributed by atoms with Crippen LogP contribution in [0.25, 0.3) is 16.7 Å². The Morgan fingerprint density at radius 2 is 1.70 bits per heavy atom. The molecule has 2 aromatic heterocycles. The number of hydrogen-bond acceptors (Lipinski definition) is 4. The Hall–Kier alpha value is -2.40. The minimum absolute atomic E-state index is 0.537. The number of aromatic nitrogens is 3. The highest BCUT2D eigenvalue weighted by Gasteiger charge is 2.16. The van der Waals surface area contributed by atoms with Crippen LogP contribution in [-0.2, 0) is 11.3 Å². The minimum Gasteiger partial charge on any atom is -0.383 e. The third-order valence-electron chi connectivity index (χ3n) is 4.08. The molecule has 3 aromatic rings. The van der Waals surface area contributed by atoms with Crippen molar-refractivity contribution in [2.45, 2.75) is 34.3 Å². The molecule has 0 aliphatic carbocycles. The molecule has 120 valence electrons. The van der Waals surface area contributed by atoms with E-state index in [1.165, 1.54) is 16.7 Å². The lowest BCUT2D eigenvalue weighted by Gasteiger charge is -2.14. The van der Waals surface area contributed by atoms with Crippen molar-refractivity contribution < 1.29 is 4.74 Å². The second kappa shape index (κ2) is 5.66. The highest BCUT2D eigenvalue weighted by atomic mass is 16.5. The second-order valence-corrected chi connectivity index (χ2v) is 6.05. The van der Waals surface area contributed by atoms with Gasteiger partial charge in [-0.15, -0.1) is 0 Å². The van der Waals surface area contributed by atoms with E-state index >= 15 is 0 Å². The molecule has 0 aliphatic heterocycles. The van der Waals surface area contributed by atoms with Crippen LogP contribution in [0.2, 0.25) is 0 Å². The summed E-state index contributed by atoms with van der Waals surface area (Å²) in [6.07, 6.45) is 2.08. The zero-order chi connectivity index (χ0) is 16.7. The summed E-state index contributed by atoms with van der Waals surface area (Å²) in [5.74, 6) is 1.22. The van der Waals surface area contributed by atoms with Crippen LogP contribution in [0, 0.1) is 27.7 Å². The van der Waals surface area contributed by atoms with Gasteiger partial charge in [0.25, 0.3) is 0 Å². The predicted octanol–water partition coefficient (Wildman–Crippen LogP) is 3.38. The van der Waals surface area contributed by atoms with Gasteiger partial charge in [0.2, 0.25) is 0 Å². The lowest BCUT2D eigenvalue weighted by Crippen LogP contribution is -2.04. The molecule has 0 bridgehead atoms. The van der Waals surface area contributed by atoms with Gasteiger partial charge in [-0.25, -0.2) is 9.97 Å². The summed E-state index contributed by atoms with van der Waals surface area (Å²) in [6, 6.07) is 4.31. The Morgan fingerprint density at radius 3 is 2.30 bits per heavy atom. The molecule has 0 amide bonds. The van der Waals surface area contributed by atoms with Crippen molar-refractivity contribution in [3.05, 3.63) is 46.4 Å². The number of hydrogen-bond donors (Lipinski definition) is 1. The molecule has 5 heteroatoms. The lowest BCUT2D eigenvalue weighted by atomic mass is 10.0. The number of methoxy groups -OCH3 is 1. The van der Waals surface area contributed by atoms with Crippen LogP contribution < -0.4 is 5.73 Å². The van der Waals surface area contributed by atoms with Gasteiger partial charge >= 0.3 is 0 Å². The summed E-state index contributed by atoms with van der Waals surface area (Å²) in [6.45, 7) is 8.74. The number of rotatable bonds is 3. The number of nitrogen functional groups attached to an aromatic ring is 1. The summed E-state index contributed by atoms with van der Waals surface area (Å²) in [5, 5.41) is 0.926. The average molecular weight is 310 g/mol. The van der Waals surface area contributed by atoms with Crippen LogP contribution >= 0.6 is 0 Å². The van der Waals surface area contributed by atoms with Crippen LogP contribution in [0.15, 0.2) is 18.3 Å². The van der Waals surface area contributed by atoms with Gasteiger partial charge in [0.05, 0.1) is 17.7 Å². The van der Waals surface area contributed by atoms with Gasteiger partial charge in [-0.3, -0.25) is 0 Å². The average Bonchev–Trinajstić information content (AvgIpc) is 2.75. The maximum absolute atomic E-state index is 6.11. The molecular formula is C18H22N4O. The third kappa shape index (κ3) is 2.57. The van der Waals surface area contributed by atoms with Gasteiger partial charge in [0.1, 0.15) is 11.6 Å². The molecule has 5 nitrogen and oxygen atoms in total. The maximum atomic E-state index is 6.11. The summed E-state index contributed by atoms with van der Waals surface area (Å²) in [4.78, 5) is 8.91. The summed E-state index contributed by atoms with van der Waals surface area (Å²) in [5.41, 5.74) is 12.7. The molecule has 0 fully saturated rings. The second-order valence-electron chi connectivity index (χ2n) is 6.05. The molecule has 0 spiro atoms. The molecule has 0 atom stereocenters. The number of nitrogens with zero attached hydrogens (tertiary/aromatic N) is 3. The van der Waals surface area contributed by atoms with Crippen molar-refractivity contribution in [3.8, 4) is 5.69 Å². The molecule has 0 saturated heterocycles. The molecule has 3 rings (SSSR count). The summed E-state index contributed by atoms with van der Waals surface area (Å²) in [7, 11) is 1.71. The Kier molecular flexibility index (Phi) is 3.82. The molecule has 0 aliphatic rings. The van der Waals surface area contributed by atoms with Crippen LogP contribution in [0.5, 0.6) is 0 Å². The number of benzene rings is 1. The van der Waals surface area contributed by atoms with Crippen LogP contribution in [0.3, 0.4) is 0 Å². The highest BCUT2D eigenvalue weighted by molar-refractivity contribution is 5.91. The van der Waals surface area contributed by atoms with E-state index in [0.717, 1.165) is 22.3 Å². The van der Waals surface area contributed by atoms with Gasteiger partial charge in [-0.1, -0.05) is 12.1 Å². The maximum Gasteiger partial charge on any atom is 0.150 e. The lowest BCUT2D eigenvalue weighted by molar-refractivity contribution is 0.185. The first kappa shape index (κ1) is 15.5. The molecule has 2 N–H and O–H groups in total. The predicted molar refractivity (Wildman–Crippen MR) is 92.9 cm³/mol. The molecule has 0 saturated carbocycles. The summed E-state index contributed by atoms with van der Waals surface area (Å²) < 4.78 is 7.37. The highest BCUT2D eigenvalue weighted by Crippen LogP contribution is 2.30. The Bertz CT molecular complexity index is 873. The van der Waals surface area contributed by atoms with E-state index in [2.05, 4.69) is 46.7 Å². The Balaban J connectivity index is 2.29. The fraction of sp³-hybridized carbons (Fsp3) is 0.333. The van der Waals surface area contributed by atoms with Crippen LogP contribution in [-0.4, -0.2) is 21.6 Å². The first-order valence-electron chi connectivity index (χ1n) is 7.63. The van der Waals surface area contributed by atoms with E-state index in [1.54, 1.807) is 7.11 Å². The van der Waals surface area contributed by atoms with Crippen molar-refractivity contribution in [2.75, 3.05) is 12.8 Å². The number of nitrogens with two attached hydrogens (primary N) is 1. The molecule has 0 radical (unpaired) electrons. The first-order chi connectivity index (χ1) is 10.9. The van der Waals surface area contributed by atoms with Gasteiger partial charge in [0, 0.05) is 13.3 Å². The van der Waals surface area contributed by atoms with Gasteiger partial charge in [-0.2, -0.15) is 0 Å². The van der Waals surface area contributed by atoms with Crippen molar-refractivity contribution in [3.63, 3.8) is 0 Å². The van der Waals surface area contributed by atoms with E-state index in [4.69, 9.17) is 10.5 Å².